The van der Waals surface area contributed by atoms with Gasteiger partial charge in [-0.2, -0.15) is 0 Å². The second-order valence-electron chi connectivity index (χ2n) is 5.95. The van der Waals surface area contributed by atoms with Crippen molar-refractivity contribution >= 4 is 15.9 Å². The molecule has 1 fully saturated rings. The Morgan fingerprint density at radius 1 is 1.30 bits per heavy atom. The summed E-state index contributed by atoms with van der Waals surface area (Å²) < 4.78 is 30.7. The molecule has 0 aromatic heterocycles. The molecule has 23 heavy (non-hydrogen) atoms. The molecular formula is C16H24N2O4S. The highest BCUT2D eigenvalue weighted by molar-refractivity contribution is 7.89. The van der Waals surface area contributed by atoms with E-state index in [-0.39, 0.29) is 23.6 Å². The first-order valence-electron chi connectivity index (χ1n) is 7.72. The summed E-state index contributed by atoms with van der Waals surface area (Å²) in [6, 6.07) is 7.15. The van der Waals surface area contributed by atoms with E-state index in [1.54, 1.807) is 6.07 Å². The van der Waals surface area contributed by atoms with Crippen molar-refractivity contribution in [1.82, 2.24) is 9.62 Å². The van der Waals surface area contributed by atoms with Gasteiger partial charge in [0, 0.05) is 25.6 Å². The summed E-state index contributed by atoms with van der Waals surface area (Å²) in [6.45, 7) is 2.68. The first kappa shape index (κ1) is 17.9. The SMILES string of the molecule is CCc1ccccc1C(=O)N[C@H]1COC[C@H]1CS(=O)(=O)N(C)C. The Bertz CT molecular complexity index is 658. The summed E-state index contributed by atoms with van der Waals surface area (Å²) in [5.41, 5.74) is 1.61. The van der Waals surface area contributed by atoms with E-state index in [4.69, 9.17) is 4.74 Å². The monoisotopic (exact) mass is 340 g/mol. The highest BCUT2D eigenvalue weighted by Gasteiger charge is 2.34. The third-order valence-electron chi connectivity index (χ3n) is 4.14. The van der Waals surface area contributed by atoms with Crippen molar-refractivity contribution in [2.24, 2.45) is 5.92 Å². The molecule has 0 bridgehead atoms. The van der Waals surface area contributed by atoms with E-state index in [0.717, 1.165) is 12.0 Å². The molecule has 0 radical (unpaired) electrons. The summed E-state index contributed by atoms with van der Waals surface area (Å²) in [4.78, 5) is 12.5. The van der Waals surface area contributed by atoms with Crippen LogP contribution >= 0.6 is 0 Å². The molecule has 2 atom stereocenters. The predicted molar refractivity (Wildman–Crippen MR) is 88.9 cm³/mol. The molecule has 1 aromatic carbocycles. The Hall–Kier alpha value is -1.44. The molecular weight excluding hydrogens is 316 g/mol. The Kier molecular flexibility index (Phi) is 5.78. The standard InChI is InChI=1S/C16H24N2O4S/c1-4-12-7-5-6-8-14(12)16(19)17-15-10-22-9-13(15)11-23(20,21)18(2)3/h5-8,13,15H,4,9-11H2,1-3H3,(H,17,19)/t13-,15-/m0/s1. The van der Waals surface area contributed by atoms with Crippen LogP contribution in [0.25, 0.3) is 0 Å². The average molecular weight is 340 g/mol. The fourth-order valence-corrected chi connectivity index (χ4v) is 3.81. The zero-order chi connectivity index (χ0) is 17.0. The van der Waals surface area contributed by atoms with Gasteiger partial charge in [0.15, 0.2) is 0 Å². The maximum absolute atomic E-state index is 12.5. The third-order valence-corrected chi connectivity index (χ3v) is 6.10. The Balaban J connectivity index is 2.08. The van der Waals surface area contributed by atoms with E-state index in [0.29, 0.717) is 18.8 Å². The molecule has 1 aromatic rings. The van der Waals surface area contributed by atoms with Crippen LogP contribution in [0, 0.1) is 5.92 Å². The number of amides is 1. The summed E-state index contributed by atoms with van der Waals surface area (Å²) in [5.74, 6) is -0.439. The molecule has 1 aliphatic heterocycles. The van der Waals surface area contributed by atoms with Gasteiger partial charge in [-0.3, -0.25) is 4.79 Å². The van der Waals surface area contributed by atoms with Gasteiger partial charge in [-0.1, -0.05) is 25.1 Å². The molecule has 1 aliphatic rings. The molecule has 6 nitrogen and oxygen atoms in total. The zero-order valence-corrected chi connectivity index (χ0v) is 14.6. The Morgan fingerprint density at radius 2 is 2.00 bits per heavy atom. The van der Waals surface area contributed by atoms with E-state index in [1.165, 1.54) is 18.4 Å². The lowest BCUT2D eigenvalue weighted by atomic mass is 10.0. The third kappa shape index (κ3) is 4.31. The number of carbonyl (C=O) groups is 1. The van der Waals surface area contributed by atoms with Gasteiger partial charge in [0.25, 0.3) is 5.91 Å². The first-order valence-corrected chi connectivity index (χ1v) is 9.32. The van der Waals surface area contributed by atoms with Crippen LogP contribution < -0.4 is 5.32 Å². The van der Waals surface area contributed by atoms with Crippen LogP contribution in [0.4, 0.5) is 0 Å². The van der Waals surface area contributed by atoms with Gasteiger partial charge in [-0.05, 0) is 18.1 Å². The molecule has 1 amide bonds. The molecule has 0 spiro atoms. The largest absolute Gasteiger partial charge is 0.379 e. The second-order valence-corrected chi connectivity index (χ2v) is 8.18. The van der Waals surface area contributed by atoms with Crippen LogP contribution in [-0.2, 0) is 21.2 Å². The number of carbonyl (C=O) groups excluding carboxylic acids is 1. The summed E-state index contributed by atoms with van der Waals surface area (Å²) in [5, 5.41) is 2.93. The molecule has 1 saturated heterocycles. The number of nitrogens with one attached hydrogen (secondary N) is 1. The highest BCUT2D eigenvalue weighted by atomic mass is 32.2. The summed E-state index contributed by atoms with van der Waals surface area (Å²) in [7, 11) is -0.305. The van der Waals surface area contributed by atoms with E-state index >= 15 is 0 Å². The van der Waals surface area contributed by atoms with Crippen LogP contribution in [0.2, 0.25) is 0 Å². The number of aryl methyl sites for hydroxylation is 1. The first-order chi connectivity index (χ1) is 10.8. The van der Waals surface area contributed by atoms with Crippen molar-refractivity contribution in [3.8, 4) is 0 Å². The molecule has 0 saturated carbocycles. The van der Waals surface area contributed by atoms with Crippen LogP contribution in [0.15, 0.2) is 24.3 Å². The zero-order valence-electron chi connectivity index (χ0n) is 13.8. The van der Waals surface area contributed by atoms with E-state index in [1.807, 2.05) is 25.1 Å². The van der Waals surface area contributed by atoms with Crippen molar-refractivity contribution in [1.29, 1.82) is 0 Å². The number of sulfonamides is 1. The molecule has 0 aliphatic carbocycles. The maximum atomic E-state index is 12.5. The molecule has 0 unspecified atom stereocenters. The predicted octanol–water partition coefficient (Wildman–Crippen LogP) is 0.885. The summed E-state index contributed by atoms with van der Waals surface area (Å²) in [6.07, 6.45) is 0.767. The lowest BCUT2D eigenvalue weighted by molar-refractivity contribution is 0.0925. The van der Waals surface area contributed by atoms with Crippen LogP contribution in [0.3, 0.4) is 0 Å². The van der Waals surface area contributed by atoms with Gasteiger partial charge in [-0.25, -0.2) is 12.7 Å². The highest BCUT2D eigenvalue weighted by Crippen LogP contribution is 2.18. The number of hydrogen-bond donors (Lipinski definition) is 1. The van der Waals surface area contributed by atoms with E-state index in [9.17, 15) is 13.2 Å². The average Bonchev–Trinajstić information content (AvgIpc) is 2.93. The number of hydrogen-bond acceptors (Lipinski definition) is 4. The normalized spacial score (nSPS) is 21.6. The lowest BCUT2D eigenvalue weighted by Crippen LogP contribution is -2.43. The summed E-state index contributed by atoms with van der Waals surface area (Å²) >= 11 is 0. The second kappa shape index (κ2) is 7.42. The molecule has 128 valence electrons. The molecule has 2 rings (SSSR count). The lowest BCUT2D eigenvalue weighted by Gasteiger charge is -2.21. The van der Waals surface area contributed by atoms with Crippen molar-refractivity contribution in [2.45, 2.75) is 19.4 Å². The van der Waals surface area contributed by atoms with E-state index < -0.39 is 10.0 Å². The van der Waals surface area contributed by atoms with Crippen molar-refractivity contribution < 1.29 is 17.9 Å². The molecule has 7 heteroatoms. The van der Waals surface area contributed by atoms with Gasteiger partial charge in [0.2, 0.25) is 10.0 Å². The Labute approximate surface area is 137 Å². The van der Waals surface area contributed by atoms with Gasteiger partial charge < -0.3 is 10.1 Å². The van der Waals surface area contributed by atoms with Crippen LogP contribution in [0.5, 0.6) is 0 Å². The van der Waals surface area contributed by atoms with Crippen LogP contribution in [-0.4, -0.2) is 57.7 Å². The number of benzene rings is 1. The minimum atomic E-state index is -3.33. The smallest absolute Gasteiger partial charge is 0.251 e. The Morgan fingerprint density at radius 3 is 2.65 bits per heavy atom. The van der Waals surface area contributed by atoms with Crippen LogP contribution in [0.1, 0.15) is 22.8 Å². The van der Waals surface area contributed by atoms with Gasteiger partial charge in [0.05, 0.1) is 25.0 Å². The fraction of sp³-hybridized carbons (Fsp3) is 0.562. The van der Waals surface area contributed by atoms with Gasteiger partial charge >= 0.3 is 0 Å². The van der Waals surface area contributed by atoms with Gasteiger partial charge in [0.1, 0.15) is 0 Å². The molecule has 1 heterocycles. The number of ether oxygens (including phenoxy) is 1. The maximum Gasteiger partial charge on any atom is 0.251 e. The van der Waals surface area contributed by atoms with Crippen molar-refractivity contribution in [3.05, 3.63) is 35.4 Å². The minimum Gasteiger partial charge on any atom is -0.379 e. The van der Waals surface area contributed by atoms with Gasteiger partial charge in [-0.15, -0.1) is 0 Å². The van der Waals surface area contributed by atoms with Crippen molar-refractivity contribution in [2.75, 3.05) is 33.1 Å². The minimum absolute atomic E-state index is 0.0274. The molecule has 1 N–H and O–H groups in total. The number of rotatable bonds is 6. The van der Waals surface area contributed by atoms with Crippen molar-refractivity contribution in [3.63, 3.8) is 0 Å². The topological polar surface area (TPSA) is 75.7 Å². The quantitative estimate of drug-likeness (QED) is 0.834. The fourth-order valence-electron chi connectivity index (χ4n) is 2.64. The number of nitrogens with zero attached hydrogens (tertiary/aromatic N) is 1. The van der Waals surface area contributed by atoms with E-state index in [2.05, 4.69) is 5.32 Å².